The minimum atomic E-state index is -0.237. The van der Waals surface area contributed by atoms with Gasteiger partial charge in [0.05, 0.1) is 11.4 Å². The molecule has 0 saturated carbocycles. The van der Waals surface area contributed by atoms with Gasteiger partial charge in [-0.1, -0.05) is 30.1 Å². The summed E-state index contributed by atoms with van der Waals surface area (Å²) in [5, 5.41) is 6.72. The van der Waals surface area contributed by atoms with E-state index in [4.69, 9.17) is 4.52 Å². The van der Waals surface area contributed by atoms with Crippen LogP contribution in [0.4, 0.5) is 11.4 Å². The highest BCUT2D eigenvalue weighted by molar-refractivity contribution is 6.04. The zero-order valence-corrected chi connectivity index (χ0v) is 12.8. The van der Waals surface area contributed by atoms with Crippen molar-refractivity contribution in [1.82, 2.24) is 5.16 Å². The molecule has 0 spiro atoms. The van der Waals surface area contributed by atoms with Gasteiger partial charge in [0.2, 0.25) is 0 Å². The van der Waals surface area contributed by atoms with Crippen LogP contribution in [-0.2, 0) is 0 Å². The Bertz CT molecular complexity index is 643. The van der Waals surface area contributed by atoms with Crippen molar-refractivity contribution in [1.29, 1.82) is 0 Å². The number of carbonyl (C=O) groups is 1. The van der Waals surface area contributed by atoms with Gasteiger partial charge < -0.3 is 14.7 Å². The number of hydrogen-bond acceptors (Lipinski definition) is 4. The van der Waals surface area contributed by atoms with Crippen molar-refractivity contribution >= 4 is 17.3 Å². The molecule has 0 bridgehead atoms. The minimum absolute atomic E-state index is 0.237. The van der Waals surface area contributed by atoms with Gasteiger partial charge in [-0.3, -0.25) is 4.79 Å². The molecule has 0 aliphatic carbocycles. The molecule has 22 heavy (non-hydrogen) atoms. The van der Waals surface area contributed by atoms with Crippen LogP contribution in [0.15, 0.2) is 34.9 Å². The Hall–Kier alpha value is -2.30. The average molecular weight is 299 g/mol. The number of anilines is 2. The molecular formula is C17H21N3O2. The van der Waals surface area contributed by atoms with E-state index >= 15 is 0 Å². The van der Waals surface area contributed by atoms with Gasteiger partial charge in [0.15, 0.2) is 5.69 Å². The average Bonchev–Trinajstić information content (AvgIpc) is 2.80. The predicted octanol–water partition coefficient (Wildman–Crippen LogP) is 3.62. The van der Waals surface area contributed by atoms with E-state index in [9.17, 15) is 4.79 Å². The van der Waals surface area contributed by atoms with Gasteiger partial charge in [0.1, 0.15) is 5.76 Å². The Balaban J connectivity index is 1.80. The van der Waals surface area contributed by atoms with Crippen molar-refractivity contribution in [3.8, 4) is 0 Å². The molecule has 1 aromatic heterocycles. The summed E-state index contributed by atoms with van der Waals surface area (Å²) in [4.78, 5) is 14.6. The van der Waals surface area contributed by atoms with Crippen molar-refractivity contribution < 1.29 is 9.32 Å². The van der Waals surface area contributed by atoms with E-state index in [1.165, 1.54) is 25.7 Å². The molecule has 2 heterocycles. The first-order valence-corrected chi connectivity index (χ1v) is 7.83. The van der Waals surface area contributed by atoms with Crippen LogP contribution in [0.25, 0.3) is 0 Å². The number of rotatable bonds is 3. The second-order valence-electron chi connectivity index (χ2n) is 5.70. The molecule has 0 radical (unpaired) electrons. The van der Waals surface area contributed by atoms with Crippen LogP contribution in [0.5, 0.6) is 0 Å². The number of aromatic nitrogens is 1. The van der Waals surface area contributed by atoms with Crippen LogP contribution in [0, 0.1) is 6.92 Å². The Morgan fingerprint density at radius 2 is 1.91 bits per heavy atom. The van der Waals surface area contributed by atoms with Crippen LogP contribution < -0.4 is 10.2 Å². The summed E-state index contributed by atoms with van der Waals surface area (Å²) in [5.41, 5.74) is 2.22. The second kappa shape index (κ2) is 6.64. The van der Waals surface area contributed by atoms with Gasteiger partial charge in [-0.15, -0.1) is 0 Å². The van der Waals surface area contributed by atoms with Crippen molar-refractivity contribution in [3.05, 3.63) is 41.8 Å². The summed E-state index contributed by atoms with van der Waals surface area (Å²) >= 11 is 0. The van der Waals surface area contributed by atoms with Gasteiger partial charge >= 0.3 is 0 Å². The SMILES string of the molecule is Cc1cc(C(=O)Nc2ccccc2N2CCCCCC2)no1. The number of carbonyl (C=O) groups excluding carboxylic acids is 1. The minimum Gasteiger partial charge on any atom is -0.370 e. The number of nitrogens with one attached hydrogen (secondary N) is 1. The van der Waals surface area contributed by atoms with E-state index < -0.39 is 0 Å². The molecule has 1 N–H and O–H groups in total. The molecule has 0 unspecified atom stereocenters. The van der Waals surface area contributed by atoms with E-state index in [2.05, 4.69) is 21.4 Å². The van der Waals surface area contributed by atoms with E-state index in [1.807, 2.05) is 18.2 Å². The summed E-state index contributed by atoms with van der Waals surface area (Å²) in [6, 6.07) is 9.59. The number of amides is 1. The highest BCUT2D eigenvalue weighted by atomic mass is 16.5. The first-order chi connectivity index (χ1) is 10.7. The van der Waals surface area contributed by atoms with Crippen LogP contribution in [-0.4, -0.2) is 24.2 Å². The molecule has 1 fully saturated rings. The summed E-state index contributed by atoms with van der Waals surface area (Å²) < 4.78 is 4.97. The van der Waals surface area contributed by atoms with E-state index in [1.54, 1.807) is 13.0 Å². The quantitative estimate of drug-likeness (QED) is 0.940. The molecule has 116 valence electrons. The van der Waals surface area contributed by atoms with Crippen LogP contribution in [0.3, 0.4) is 0 Å². The molecule has 1 saturated heterocycles. The lowest BCUT2D eigenvalue weighted by Gasteiger charge is -2.25. The molecule has 0 atom stereocenters. The first-order valence-electron chi connectivity index (χ1n) is 7.83. The third-order valence-electron chi connectivity index (χ3n) is 3.96. The van der Waals surface area contributed by atoms with E-state index in [-0.39, 0.29) is 5.91 Å². The summed E-state index contributed by atoms with van der Waals surface area (Å²) in [7, 11) is 0. The third-order valence-corrected chi connectivity index (χ3v) is 3.96. The fourth-order valence-electron chi connectivity index (χ4n) is 2.83. The molecular weight excluding hydrogens is 278 g/mol. The number of benzene rings is 1. The molecule has 2 aromatic rings. The topological polar surface area (TPSA) is 58.4 Å². The molecule has 5 heteroatoms. The second-order valence-corrected chi connectivity index (χ2v) is 5.70. The summed E-state index contributed by atoms with van der Waals surface area (Å²) in [6.45, 7) is 3.85. The predicted molar refractivity (Wildman–Crippen MR) is 86.3 cm³/mol. The van der Waals surface area contributed by atoms with Gasteiger partial charge in [-0.25, -0.2) is 0 Å². The lowest BCUT2D eigenvalue weighted by molar-refractivity contribution is 0.101. The molecule has 1 amide bonds. The van der Waals surface area contributed by atoms with Crippen molar-refractivity contribution in [2.45, 2.75) is 32.6 Å². The monoisotopic (exact) mass is 299 g/mol. The maximum atomic E-state index is 12.3. The number of para-hydroxylation sites is 2. The molecule has 1 aliphatic rings. The molecule has 5 nitrogen and oxygen atoms in total. The van der Waals surface area contributed by atoms with Gasteiger partial charge in [-0.2, -0.15) is 0 Å². The zero-order chi connectivity index (χ0) is 15.4. The number of aryl methyl sites for hydroxylation is 1. The van der Waals surface area contributed by atoms with E-state index in [0.717, 1.165) is 24.5 Å². The summed E-state index contributed by atoms with van der Waals surface area (Å²) in [5.74, 6) is 0.394. The largest absolute Gasteiger partial charge is 0.370 e. The zero-order valence-electron chi connectivity index (χ0n) is 12.8. The standard InChI is InChI=1S/C17H21N3O2/c1-13-12-15(19-22-13)17(21)18-14-8-4-5-9-16(14)20-10-6-2-3-7-11-20/h4-5,8-9,12H,2-3,6-7,10-11H2,1H3,(H,18,21). The van der Waals surface area contributed by atoms with Crippen molar-refractivity contribution in [2.24, 2.45) is 0 Å². The Morgan fingerprint density at radius 3 is 2.59 bits per heavy atom. The molecule has 1 aromatic carbocycles. The highest BCUT2D eigenvalue weighted by Crippen LogP contribution is 2.28. The fraction of sp³-hybridized carbons (Fsp3) is 0.412. The number of hydrogen-bond donors (Lipinski definition) is 1. The van der Waals surface area contributed by atoms with E-state index in [0.29, 0.717) is 11.5 Å². The molecule has 1 aliphatic heterocycles. The maximum Gasteiger partial charge on any atom is 0.277 e. The van der Waals surface area contributed by atoms with Gasteiger partial charge in [-0.05, 0) is 31.9 Å². The lowest BCUT2D eigenvalue weighted by Crippen LogP contribution is -2.25. The molecule has 3 rings (SSSR count). The van der Waals surface area contributed by atoms with Crippen molar-refractivity contribution in [2.75, 3.05) is 23.3 Å². The van der Waals surface area contributed by atoms with Gasteiger partial charge in [0.25, 0.3) is 5.91 Å². The normalized spacial score (nSPS) is 15.4. The Labute approximate surface area is 130 Å². The fourth-order valence-corrected chi connectivity index (χ4v) is 2.83. The Morgan fingerprint density at radius 1 is 1.18 bits per heavy atom. The van der Waals surface area contributed by atoms with Gasteiger partial charge in [0, 0.05) is 19.2 Å². The van der Waals surface area contributed by atoms with Crippen LogP contribution in [0.1, 0.15) is 41.9 Å². The summed E-state index contributed by atoms with van der Waals surface area (Å²) in [6.07, 6.45) is 4.96. The van der Waals surface area contributed by atoms with Crippen LogP contribution in [0.2, 0.25) is 0 Å². The number of nitrogens with zero attached hydrogens (tertiary/aromatic N) is 2. The smallest absolute Gasteiger partial charge is 0.277 e. The third kappa shape index (κ3) is 3.30. The van der Waals surface area contributed by atoms with Crippen LogP contribution >= 0.6 is 0 Å². The maximum absolute atomic E-state index is 12.3. The van der Waals surface area contributed by atoms with Crippen molar-refractivity contribution in [3.63, 3.8) is 0 Å². The first kappa shape index (κ1) is 14.6. The highest BCUT2D eigenvalue weighted by Gasteiger charge is 2.16. The Kier molecular flexibility index (Phi) is 4.42. The lowest BCUT2D eigenvalue weighted by atomic mass is 10.2.